The Bertz CT molecular complexity index is 692. The van der Waals surface area contributed by atoms with Gasteiger partial charge in [0.25, 0.3) is 5.91 Å². The first-order chi connectivity index (χ1) is 13.8. The summed E-state index contributed by atoms with van der Waals surface area (Å²) in [6, 6.07) is -0.202. The summed E-state index contributed by atoms with van der Waals surface area (Å²) in [6.45, 7) is 2.01. The van der Waals surface area contributed by atoms with Gasteiger partial charge in [-0.05, 0) is 81.5 Å². The molecule has 6 nitrogen and oxygen atoms in total. The van der Waals surface area contributed by atoms with E-state index in [1.807, 2.05) is 0 Å². The molecule has 6 fully saturated rings. The zero-order valence-corrected chi connectivity index (χ0v) is 17.9. The number of imide groups is 1. The van der Waals surface area contributed by atoms with Crippen LogP contribution in [-0.4, -0.2) is 52.8 Å². The van der Waals surface area contributed by atoms with E-state index in [-0.39, 0.29) is 35.8 Å². The molecule has 5 saturated carbocycles. The normalized spacial score (nSPS) is 38.8. The van der Waals surface area contributed by atoms with Crippen LogP contribution in [0.25, 0.3) is 0 Å². The van der Waals surface area contributed by atoms with Gasteiger partial charge in [-0.15, -0.1) is 0 Å². The number of carbonyl (C=O) groups is 3. The Kier molecular flexibility index (Phi) is 4.48. The Balaban J connectivity index is 1.25. The highest BCUT2D eigenvalue weighted by molar-refractivity contribution is 6.08. The average Bonchev–Trinajstić information content (AvgIpc) is 2.84. The third-order valence-corrected chi connectivity index (χ3v) is 9.17. The van der Waals surface area contributed by atoms with E-state index >= 15 is 0 Å². The molecular weight excluding hydrogens is 366 g/mol. The van der Waals surface area contributed by atoms with Gasteiger partial charge in [0.1, 0.15) is 12.1 Å². The van der Waals surface area contributed by atoms with Gasteiger partial charge < -0.3 is 10.2 Å². The molecule has 6 aliphatic rings. The Hall–Kier alpha value is -1.59. The van der Waals surface area contributed by atoms with Crippen molar-refractivity contribution in [1.82, 2.24) is 15.1 Å². The lowest BCUT2D eigenvalue weighted by molar-refractivity contribution is -0.138. The smallest absolute Gasteiger partial charge is 0.327 e. The average molecular weight is 402 g/mol. The van der Waals surface area contributed by atoms with Gasteiger partial charge in [0.05, 0.1) is 0 Å². The fourth-order valence-corrected chi connectivity index (χ4v) is 7.96. The molecule has 160 valence electrons. The van der Waals surface area contributed by atoms with Crippen molar-refractivity contribution in [1.29, 1.82) is 0 Å². The fourth-order valence-electron chi connectivity index (χ4n) is 7.96. The highest BCUT2D eigenvalue weighted by Crippen LogP contribution is 2.61. The Morgan fingerprint density at radius 1 is 1.03 bits per heavy atom. The van der Waals surface area contributed by atoms with Crippen LogP contribution in [0.4, 0.5) is 4.79 Å². The molecule has 0 aromatic heterocycles. The van der Waals surface area contributed by atoms with Crippen LogP contribution in [0.5, 0.6) is 0 Å². The van der Waals surface area contributed by atoms with Crippen LogP contribution >= 0.6 is 0 Å². The van der Waals surface area contributed by atoms with Crippen molar-refractivity contribution in [3.8, 4) is 0 Å². The van der Waals surface area contributed by atoms with Crippen molar-refractivity contribution in [3.05, 3.63) is 0 Å². The topological polar surface area (TPSA) is 69.7 Å². The molecule has 6 rings (SSSR count). The molecule has 4 bridgehead atoms. The molecule has 1 aliphatic heterocycles. The number of amides is 4. The summed E-state index contributed by atoms with van der Waals surface area (Å²) in [5.74, 6) is 2.16. The first-order valence-corrected chi connectivity index (χ1v) is 11.7. The second-order valence-corrected chi connectivity index (χ2v) is 10.9. The van der Waals surface area contributed by atoms with Crippen molar-refractivity contribution in [2.75, 3.05) is 13.6 Å². The minimum absolute atomic E-state index is 0.109. The highest BCUT2D eigenvalue weighted by atomic mass is 16.2. The van der Waals surface area contributed by atoms with E-state index in [0.717, 1.165) is 49.9 Å². The van der Waals surface area contributed by atoms with Gasteiger partial charge in [0.2, 0.25) is 5.91 Å². The molecule has 0 aromatic carbocycles. The molecule has 0 radical (unpaired) electrons. The van der Waals surface area contributed by atoms with E-state index in [4.69, 9.17) is 0 Å². The number of nitrogens with zero attached hydrogens (tertiary/aromatic N) is 2. The SMILES string of the molecule is C[C@@H](NC(=O)CN1C(=O)N(C)C2(CCCCC2)C1=O)C12CC3CC(CC(C3)C1)C2. The molecular formula is C23H35N3O3. The highest BCUT2D eigenvalue weighted by Gasteiger charge is 2.56. The molecule has 0 unspecified atom stereocenters. The van der Waals surface area contributed by atoms with Crippen LogP contribution in [0.15, 0.2) is 0 Å². The molecule has 29 heavy (non-hydrogen) atoms. The third kappa shape index (κ3) is 2.92. The minimum atomic E-state index is -0.707. The van der Waals surface area contributed by atoms with Crippen molar-refractivity contribution >= 4 is 17.8 Å². The van der Waals surface area contributed by atoms with E-state index < -0.39 is 5.54 Å². The quantitative estimate of drug-likeness (QED) is 0.735. The van der Waals surface area contributed by atoms with E-state index in [0.29, 0.717) is 0 Å². The number of likely N-dealkylation sites (N-methyl/N-ethyl adjacent to an activating group) is 1. The molecule has 6 heteroatoms. The summed E-state index contributed by atoms with van der Waals surface area (Å²) in [4.78, 5) is 41.6. The maximum Gasteiger partial charge on any atom is 0.327 e. The van der Waals surface area contributed by atoms with Crippen LogP contribution in [-0.2, 0) is 9.59 Å². The van der Waals surface area contributed by atoms with Gasteiger partial charge in [-0.1, -0.05) is 19.3 Å². The lowest BCUT2D eigenvalue weighted by atomic mass is 9.48. The maximum absolute atomic E-state index is 13.1. The molecule has 5 aliphatic carbocycles. The molecule has 1 heterocycles. The predicted molar refractivity (Wildman–Crippen MR) is 109 cm³/mol. The summed E-state index contributed by atoms with van der Waals surface area (Å²) in [5.41, 5.74) is -0.480. The lowest BCUT2D eigenvalue weighted by Crippen LogP contribution is -2.57. The van der Waals surface area contributed by atoms with E-state index in [1.54, 1.807) is 11.9 Å². The summed E-state index contributed by atoms with van der Waals surface area (Å²) < 4.78 is 0. The maximum atomic E-state index is 13.1. The number of hydrogen-bond acceptors (Lipinski definition) is 3. The summed E-state index contributed by atoms with van der Waals surface area (Å²) >= 11 is 0. The van der Waals surface area contributed by atoms with Crippen LogP contribution in [0.1, 0.15) is 77.6 Å². The molecule has 1 N–H and O–H groups in total. The molecule has 4 amide bonds. The van der Waals surface area contributed by atoms with Crippen molar-refractivity contribution < 1.29 is 14.4 Å². The first-order valence-electron chi connectivity index (χ1n) is 11.7. The number of carbonyl (C=O) groups excluding carboxylic acids is 3. The number of rotatable bonds is 4. The second-order valence-electron chi connectivity index (χ2n) is 10.9. The zero-order valence-electron chi connectivity index (χ0n) is 17.9. The van der Waals surface area contributed by atoms with Gasteiger partial charge in [0.15, 0.2) is 0 Å². The number of nitrogens with one attached hydrogen (secondary N) is 1. The Morgan fingerprint density at radius 3 is 2.14 bits per heavy atom. The van der Waals surface area contributed by atoms with Crippen molar-refractivity contribution in [2.45, 2.75) is 89.1 Å². The standard InChI is InChI=1S/C23H35N3O3/c1-15(22-11-16-8-17(12-22)10-18(9-16)13-22)24-19(27)14-26-20(28)23(25(2)21(26)29)6-4-3-5-7-23/h15-18H,3-14H2,1-2H3,(H,24,27)/t15-,16?,17?,18?,22?/m1/s1. The first kappa shape index (κ1) is 19.4. The van der Waals surface area contributed by atoms with Crippen LogP contribution in [0.2, 0.25) is 0 Å². The van der Waals surface area contributed by atoms with Gasteiger partial charge in [-0.2, -0.15) is 0 Å². The van der Waals surface area contributed by atoms with Gasteiger partial charge in [-0.3, -0.25) is 14.5 Å². The Morgan fingerprint density at radius 2 is 1.59 bits per heavy atom. The number of urea groups is 1. The Labute approximate surface area is 173 Å². The monoisotopic (exact) mass is 401 g/mol. The summed E-state index contributed by atoms with van der Waals surface area (Å²) in [7, 11) is 1.72. The van der Waals surface area contributed by atoms with Gasteiger partial charge in [0, 0.05) is 13.1 Å². The van der Waals surface area contributed by atoms with E-state index in [2.05, 4.69) is 12.2 Å². The summed E-state index contributed by atoms with van der Waals surface area (Å²) in [6.07, 6.45) is 12.3. The van der Waals surface area contributed by atoms with Gasteiger partial charge >= 0.3 is 6.03 Å². The summed E-state index contributed by atoms with van der Waals surface area (Å²) in [5, 5.41) is 3.21. The second kappa shape index (κ2) is 6.71. The predicted octanol–water partition coefficient (Wildman–Crippen LogP) is 3.30. The molecule has 1 atom stereocenters. The minimum Gasteiger partial charge on any atom is -0.352 e. The van der Waals surface area contributed by atoms with Crippen molar-refractivity contribution in [2.24, 2.45) is 23.2 Å². The molecule has 1 spiro atoms. The van der Waals surface area contributed by atoms with Crippen LogP contribution in [0, 0.1) is 23.2 Å². The number of hydrogen-bond donors (Lipinski definition) is 1. The van der Waals surface area contributed by atoms with Crippen molar-refractivity contribution in [3.63, 3.8) is 0 Å². The van der Waals surface area contributed by atoms with Crippen LogP contribution < -0.4 is 5.32 Å². The van der Waals surface area contributed by atoms with E-state index in [1.165, 1.54) is 43.4 Å². The van der Waals surface area contributed by atoms with Gasteiger partial charge in [-0.25, -0.2) is 4.79 Å². The zero-order chi connectivity index (χ0) is 20.4. The van der Waals surface area contributed by atoms with Crippen LogP contribution in [0.3, 0.4) is 0 Å². The largest absolute Gasteiger partial charge is 0.352 e. The molecule has 0 aromatic rings. The third-order valence-electron chi connectivity index (χ3n) is 9.17. The van der Waals surface area contributed by atoms with E-state index in [9.17, 15) is 14.4 Å². The fraction of sp³-hybridized carbons (Fsp3) is 0.870. The molecule has 1 saturated heterocycles. The lowest BCUT2D eigenvalue weighted by Gasteiger charge is -2.59.